The molecule has 18 heavy (non-hydrogen) atoms. The minimum atomic E-state index is -0.589. The number of hydrogen-bond donors (Lipinski definition) is 0. The van der Waals surface area contributed by atoms with E-state index >= 15 is 0 Å². The summed E-state index contributed by atoms with van der Waals surface area (Å²) in [6.45, 7) is 0. The van der Waals surface area contributed by atoms with Crippen LogP contribution in [0.25, 0.3) is 0 Å². The van der Waals surface area contributed by atoms with E-state index in [1.54, 1.807) is 12.1 Å². The van der Waals surface area contributed by atoms with Crippen molar-refractivity contribution in [1.82, 2.24) is 0 Å². The Bertz CT molecular complexity index is 605. The number of thioether (sulfide) groups is 1. The summed E-state index contributed by atoms with van der Waals surface area (Å²) in [5.41, 5.74) is 1.42. The molecule has 0 heterocycles. The van der Waals surface area contributed by atoms with Crippen LogP contribution in [0.3, 0.4) is 0 Å². The van der Waals surface area contributed by atoms with Gasteiger partial charge in [0.15, 0.2) is 0 Å². The molecule has 0 aliphatic carbocycles. The monoisotopic (exact) mass is 261 g/mol. The zero-order chi connectivity index (χ0) is 13.0. The van der Waals surface area contributed by atoms with Crippen LogP contribution >= 0.6 is 11.8 Å². The van der Waals surface area contributed by atoms with Gasteiger partial charge in [-0.15, -0.1) is 11.8 Å². The van der Waals surface area contributed by atoms with Crippen LogP contribution in [-0.2, 0) is 5.75 Å². The molecule has 0 amide bonds. The lowest BCUT2D eigenvalue weighted by molar-refractivity contribution is 0.565. The van der Waals surface area contributed by atoms with Crippen molar-refractivity contribution in [2.75, 3.05) is 0 Å². The molecule has 0 saturated heterocycles. The normalized spacial score (nSPS) is 10.1. The molecular weight excluding hydrogens is 252 g/mol. The first-order chi connectivity index (χ1) is 8.70. The second kappa shape index (κ2) is 5.65. The predicted molar refractivity (Wildman–Crippen MR) is 67.1 cm³/mol. The van der Waals surface area contributed by atoms with E-state index in [4.69, 9.17) is 5.26 Å². The molecule has 2 aromatic rings. The number of halogens is 2. The largest absolute Gasteiger partial charge is 0.207 e. The van der Waals surface area contributed by atoms with E-state index in [0.717, 1.165) is 11.6 Å². The molecule has 90 valence electrons. The molecule has 0 unspecified atom stereocenters. The molecule has 0 fully saturated rings. The second-order valence-corrected chi connectivity index (χ2v) is 4.65. The van der Waals surface area contributed by atoms with Crippen molar-refractivity contribution in [2.24, 2.45) is 0 Å². The Kier molecular flexibility index (Phi) is 3.96. The van der Waals surface area contributed by atoms with Crippen LogP contribution in [-0.4, -0.2) is 0 Å². The maximum absolute atomic E-state index is 13.4. The fourth-order valence-electron chi connectivity index (χ4n) is 1.50. The van der Waals surface area contributed by atoms with Gasteiger partial charge >= 0.3 is 0 Å². The standard InChI is InChI=1S/C14H9F2NS/c15-12-5-6-14(13(16)7-12)18-9-11-4-2-1-3-10(11)8-17/h1-7H,9H2. The molecule has 1 nitrogen and oxygen atoms in total. The van der Waals surface area contributed by atoms with E-state index in [1.807, 2.05) is 12.1 Å². The van der Waals surface area contributed by atoms with E-state index in [2.05, 4.69) is 6.07 Å². The SMILES string of the molecule is N#Cc1ccccc1CSc1ccc(F)cc1F. The quantitative estimate of drug-likeness (QED) is 0.776. The van der Waals surface area contributed by atoms with Gasteiger partial charge in [-0.2, -0.15) is 5.26 Å². The summed E-state index contributed by atoms with van der Waals surface area (Å²) in [6, 6.07) is 12.7. The molecule has 0 bridgehead atoms. The van der Waals surface area contributed by atoms with Crippen LogP contribution in [0.2, 0.25) is 0 Å². The van der Waals surface area contributed by atoms with Crippen LogP contribution in [0.1, 0.15) is 11.1 Å². The lowest BCUT2D eigenvalue weighted by Crippen LogP contribution is -1.88. The van der Waals surface area contributed by atoms with E-state index in [9.17, 15) is 8.78 Å². The number of nitriles is 1. The minimum absolute atomic E-state index is 0.379. The van der Waals surface area contributed by atoms with Gasteiger partial charge in [-0.1, -0.05) is 18.2 Å². The topological polar surface area (TPSA) is 23.8 Å². The lowest BCUT2D eigenvalue weighted by Gasteiger charge is -2.05. The highest BCUT2D eigenvalue weighted by molar-refractivity contribution is 7.98. The zero-order valence-corrected chi connectivity index (χ0v) is 10.2. The Morgan fingerprint density at radius 2 is 1.89 bits per heavy atom. The van der Waals surface area contributed by atoms with Crippen molar-refractivity contribution in [3.05, 3.63) is 65.2 Å². The van der Waals surface area contributed by atoms with Crippen LogP contribution in [0.15, 0.2) is 47.4 Å². The Hall–Kier alpha value is -1.86. The fraction of sp³-hybridized carbons (Fsp3) is 0.0714. The third kappa shape index (κ3) is 2.88. The van der Waals surface area contributed by atoms with Crippen molar-refractivity contribution >= 4 is 11.8 Å². The van der Waals surface area contributed by atoms with Crippen molar-refractivity contribution in [1.29, 1.82) is 5.26 Å². The summed E-state index contributed by atoms with van der Waals surface area (Å²) in [7, 11) is 0. The molecule has 4 heteroatoms. The Labute approximate surface area is 108 Å². The van der Waals surface area contributed by atoms with Crippen molar-refractivity contribution in [2.45, 2.75) is 10.6 Å². The molecule has 0 atom stereocenters. The summed E-state index contributed by atoms with van der Waals surface area (Å²) in [4.78, 5) is 0.379. The van der Waals surface area contributed by atoms with Gasteiger partial charge in [0.05, 0.1) is 11.6 Å². The van der Waals surface area contributed by atoms with Gasteiger partial charge < -0.3 is 0 Å². The summed E-state index contributed by atoms with van der Waals surface area (Å²) in [5.74, 6) is -0.685. The highest BCUT2D eigenvalue weighted by Crippen LogP contribution is 2.26. The second-order valence-electron chi connectivity index (χ2n) is 3.63. The first kappa shape index (κ1) is 12.6. The number of nitrogens with zero attached hydrogens (tertiary/aromatic N) is 1. The Balaban J connectivity index is 2.14. The lowest BCUT2D eigenvalue weighted by atomic mass is 10.1. The van der Waals surface area contributed by atoms with E-state index in [0.29, 0.717) is 16.2 Å². The van der Waals surface area contributed by atoms with E-state index in [1.165, 1.54) is 23.9 Å². The molecule has 0 saturated carbocycles. The summed E-state index contributed by atoms with van der Waals surface area (Å²) in [6.07, 6.45) is 0. The summed E-state index contributed by atoms with van der Waals surface area (Å²) in [5, 5.41) is 8.92. The van der Waals surface area contributed by atoms with Crippen molar-refractivity contribution in [3.8, 4) is 6.07 Å². The van der Waals surface area contributed by atoms with Gasteiger partial charge in [-0.3, -0.25) is 0 Å². The summed E-state index contributed by atoms with van der Waals surface area (Å²) >= 11 is 1.25. The van der Waals surface area contributed by atoms with Gasteiger partial charge in [0.2, 0.25) is 0 Å². The average Bonchev–Trinajstić information content (AvgIpc) is 2.38. The Morgan fingerprint density at radius 1 is 1.11 bits per heavy atom. The van der Waals surface area contributed by atoms with Gasteiger partial charge in [-0.05, 0) is 23.8 Å². The fourth-order valence-corrected chi connectivity index (χ4v) is 2.43. The van der Waals surface area contributed by atoms with Gasteiger partial charge in [0.25, 0.3) is 0 Å². The van der Waals surface area contributed by atoms with Crippen LogP contribution in [0.4, 0.5) is 8.78 Å². The van der Waals surface area contributed by atoms with Crippen LogP contribution < -0.4 is 0 Å². The first-order valence-electron chi connectivity index (χ1n) is 5.26. The molecule has 2 rings (SSSR count). The smallest absolute Gasteiger partial charge is 0.139 e. The van der Waals surface area contributed by atoms with E-state index < -0.39 is 11.6 Å². The summed E-state index contributed by atoms with van der Waals surface area (Å²) < 4.78 is 26.1. The third-order valence-electron chi connectivity index (χ3n) is 2.41. The average molecular weight is 261 g/mol. The molecule has 0 spiro atoms. The van der Waals surface area contributed by atoms with Gasteiger partial charge in [0.1, 0.15) is 11.6 Å². The highest BCUT2D eigenvalue weighted by Gasteiger charge is 2.06. The molecule has 2 aromatic carbocycles. The highest BCUT2D eigenvalue weighted by atomic mass is 32.2. The number of rotatable bonds is 3. The van der Waals surface area contributed by atoms with E-state index in [-0.39, 0.29) is 0 Å². The minimum Gasteiger partial charge on any atom is -0.207 e. The van der Waals surface area contributed by atoms with Crippen molar-refractivity contribution in [3.63, 3.8) is 0 Å². The third-order valence-corrected chi connectivity index (χ3v) is 3.51. The number of benzene rings is 2. The molecule has 0 radical (unpaired) electrons. The molecule has 0 aromatic heterocycles. The van der Waals surface area contributed by atoms with Gasteiger partial charge in [0, 0.05) is 16.7 Å². The molecule has 0 aliphatic rings. The predicted octanol–water partition coefficient (Wildman–Crippen LogP) is 4.13. The molecular formula is C14H9F2NS. The maximum atomic E-state index is 13.4. The van der Waals surface area contributed by atoms with Crippen LogP contribution in [0, 0.1) is 23.0 Å². The molecule has 0 aliphatic heterocycles. The Morgan fingerprint density at radius 3 is 2.61 bits per heavy atom. The molecule has 0 N–H and O–H groups in total. The van der Waals surface area contributed by atoms with Crippen molar-refractivity contribution < 1.29 is 8.78 Å². The first-order valence-corrected chi connectivity index (χ1v) is 6.25. The maximum Gasteiger partial charge on any atom is 0.139 e. The number of hydrogen-bond acceptors (Lipinski definition) is 2. The van der Waals surface area contributed by atoms with Gasteiger partial charge in [-0.25, -0.2) is 8.78 Å². The van der Waals surface area contributed by atoms with Crippen LogP contribution in [0.5, 0.6) is 0 Å². The zero-order valence-electron chi connectivity index (χ0n) is 9.36.